The number of methoxy groups -OCH3 is 1. The third-order valence-electron chi connectivity index (χ3n) is 8.95. The first kappa shape index (κ1) is 34.5. The van der Waals surface area contributed by atoms with Crippen LogP contribution >= 0.6 is 23.2 Å². The van der Waals surface area contributed by atoms with Crippen LogP contribution in [-0.2, 0) is 0 Å². The predicted molar refractivity (Wildman–Crippen MR) is 196 cm³/mol. The zero-order valence-corrected chi connectivity index (χ0v) is 29.5. The lowest BCUT2D eigenvalue weighted by Crippen LogP contribution is -2.34. The topological polar surface area (TPSA) is 103 Å². The molecule has 3 aromatic carbocycles. The van der Waals surface area contributed by atoms with E-state index < -0.39 is 11.7 Å². The molecule has 10 nitrogen and oxygen atoms in total. The van der Waals surface area contributed by atoms with Crippen LogP contribution in [0, 0.1) is 11.7 Å². The molecule has 0 radical (unpaired) electrons. The third-order valence-corrected chi connectivity index (χ3v) is 9.50. The lowest BCUT2D eigenvalue weighted by Gasteiger charge is -2.30. The van der Waals surface area contributed by atoms with Crippen LogP contribution in [-0.4, -0.2) is 63.7 Å². The molecule has 1 saturated heterocycles. The fourth-order valence-corrected chi connectivity index (χ4v) is 6.64. The van der Waals surface area contributed by atoms with Gasteiger partial charge in [0.05, 0.1) is 36.1 Å². The van der Waals surface area contributed by atoms with E-state index in [-0.39, 0.29) is 17.1 Å². The Morgan fingerprint density at radius 1 is 0.961 bits per heavy atom. The van der Waals surface area contributed by atoms with Crippen LogP contribution in [0.4, 0.5) is 10.1 Å². The Kier molecular flexibility index (Phi) is 10.2. The van der Waals surface area contributed by atoms with Gasteiger partial charge in [-0.25, -0.2) is 13.9 Å². The van der Waals surface area contributed by atoms with Crippen LogP contribution in [0.3, 0.4) is 0 Å². The molecule has 13 heteroatoms. The minimum atomic E-state index is -0.680. The lowest BCUT2D eigenvalue weighted by atomic mass is 9.99. The van der Waals surface area contributed by atoms with E-state index in [2.05, 4.69) is 32.2 Å². The van der Waals surface area contributed by atoms with E-state index in [0.29, 0.717) is 61.7 Å². The van der Waals surface area contributed by atoms with Gasteiger partial charge < -0.3 is 24.4 Å². The number of hydrogen-bond acceptors (Lipinski definition) is 8. The van der Waals surface area contributed by atoms with Crippen molar-refractivity contribution in [2.24, 2.45) is 5.92 Å². The highest BCUT2D eigenvalue weighted by atomic mass is 35.5. The van der Waals surface area contributed by atoms with Crippen LogP contribution in [0.25, 0.3) is 27.8 Å². The van der Waals surface area contributed by atoms with E-state index in [9.17, 15) is 4.79 Å². The molecule has 1 aliphatic heterocycles. The molecule has 1 amide bonds. The van der Waals surface area contributed by atoms with Crippen LogP contribution in [0.1, 0.15) is 36.7 Å². The molecule has 262 valence electrons. The number of aromatic nitrogens is 4. The van der Waals surface area contributed by atoms with Gasteiger partial charge in [-0.05, 0) is 86.8 Å². The Morgan fingerprint density at radius 3 is 2.59 bits per heavy atom. The number of carbonyl (C=O) groups is 1. The van der Waals surface area contributed by atoms with Crippen molar-refractivity contribution in [2.75, 3.05) is 38.7 Å². The van der Waals surface area contributed by atoms with Crippen molar-refractivity contribution >= 4 is 51.3 Å². The van der Waals surface area contributed by atoms with Crippen molar-refractivity contribution in [1.29, 1.82) is 0 Å². The summed E-state index contributed by atoms with van der Waals surface area (Å²) in [6, 6.07) is 17.7. The average Bonchev–Trinajstić information content (AvgIpc) is 3.61. The van der Waals surface area contributed by atoms with Gasteiger partial charge in [-0.2, -0.15) is 5.10 Å². The first-order valence-electron chi connectivity index (χ1n) is 16.7. The number of fused-ring (bicyclic) bond motifs is 2. The quantitative estimate of drug-likeness (QED) is 0.132. The smallest absolute Gasteiger partial charge is 0.274 e. The van der Waals surface area contributed by atoms with E-state index in [4.69, 9.17) is 37.4 Å². The molecule has 0 bridgehead atoms. The molecule has 4 heterocycles. The van der Waals surface area contributed by atoms with Gasteiger partial charge in [-0.15, -0.1) is 0 Å². The minimum absolute atomic E-state index is 0.0367. The van der Waals surface area contributed by atoms with Crippen molar-refractivity contribution in [3.63, 3.8) is 0 Å². The number of benzene rings is 3. The number of hydrogen-bond donors (Lipinski definition) is 1. The molecule has 1 fully saturated rings. The minimum Gasteiger partial charge on any atom is -0.493 e. The summed E-state index contributed by atoms with van der Waals surface area (Å²) in [6.45, 7) is 6.12. The maximum Gasteiger partial charge on any atom is 0.274 e. The fraction of sp³-hybridized carbons (Fsp3) is 0.263. The normalized spacial score (nSPS) is 13.8. The van der Waals surface area contributed by atoms with Gasteiger partial charge in [0, 0.05) is 52.6 Å². The fourth-order valence-electron chi connectivity index (χ4n) is 6.14. The molecule has 1 N–H and O–H groups in total. The van der Waals surface area contributed by atoms with E-state index >= 15 is 4.39 Å². The van der Waals surface area contributed by atoms with Gasteiger partial charge in [-0.3, -0.25) is 9.78 Å². The van der Waals surface area contributed by atoms with Crippen molar-refractivity contribution in [3.05, 3.63) is 101 Å². The lowest BCUT2D eigenvalue weighted by molar-refractivity contribution is 0.102. The molecular formula is C38H35Cl2FN6O4. The monoisotopic (exact) mass is 728 g/mol. The molecule has 6 aromatic rings. The van der Waals surface area contributed by atoms with Gasteiger partial charge in [0.1, 0.15) is 11.4 Å². The second-order valence-corrected chi connectivity index (χ2v) is 13.4. The Bertz CT molecular complexity index is 2220. The van der Waals surface area contributed by atoms with Crippen LogP contribution in [0.2, 0.25) is 10.0 Å². The van der Waals surface area contributed by atoms with Crippen molar-refractivity contribution in [1.82, 2.24) is 24.5 Å². The molecule has 0 atom stereocenters. The highest BCUT2D eigenvalue weighted by molar-refractivity contribution is 6.36. The van der Waals surface area contributed by atoms with E-state index in [1.54, 1.807) is 78.6 Å². The number of pyridine rings is 1. The predicted octanol–water partition coefficient (Wildman–Crippen LogP) is 8.94. The zero-order chi connectivity index (χ0) is 35.5. The van der Waals surface area contributed by atoms with Gasteiger partial charge >= 0.3 is 0 Å². The maximum absolute atomic E-state index is 15.5. The SMILES string of the molecule is COc1cc2c(Oc3ccc(NC(=O)c4cc(-c5ccc(Cl)cc5Cl)n5nccc5n4)cc3F)ccnc2cc1OCCCN1CCC(C)CC1. The summed E-state index contributed by atoms with van der Waals surface area (Å²) < 4.78 is 34.8. The van der Waals surface area contributed by atoms with Crippen LogP contribution in [0.15, 0.2) is 79.1 Å². The molecule has 1 aliphatic rings. The Labute approximate surface area is 304 Å². The van der Waals surface area contributed by atoms with Crippen molar-refractivity contribution in [3.8, 4) is 34.3 Å². The first-order valence-corrected chi connectivity index (χ1v) is 17.4. The van der Waals surface area contributed by atoms with Crippen LogP contribution in [0.5, 0.6) is 23.0 Å². The summed E-state index contributed by atoms with van der Waals surface area (Å²) in [5, 5.41) is 8.51. The Morgan fingerprint density at radius 2 is 1.80 bits per heavy atom. The molecule has 7 rings (SSSR count). The summed E-state index contributed by atoms with van der Waals surface area (Å²) in [6.07, 6.45) is 6.54. The number of nitrogens with one attached hydrogen (secondary N) is 1. The molecular weight excluding hydrogens is 694 g/mol. The van der Waals surface area contributed by atoms with E-state index in [0.717, 1.165) is 32.0 Å². The van der Waals surface area contributed by atoms with Gasteiger partial charge in [-0.1, -0.05) is 30.1 Å². The number of likely N-dealkylation sites (tertiary alicyclic amines) is 1. The number of carbonyl (C=O) groups excluding carboxylic acids is 1. The maximum atomic E-state index is 15.5. The summed E-state index contributed by atoms with van der Waals surface area (Å²) in [5.41, 5.74) is 2.49. The molecule has 0 spiro atoms. The Hall–Kier alpha value is -4.97. The Balaban J connectivity index is 1.05. The largest absolute Gasteiger partial charge is 0.493 e. The number of amides is 1. The summed E-state index contributed by atoms with van der Waals surface area (Å²) in [4.78, 5) is 24.7. The van der Waals surface area contributed by atoms with Crippen LogP contribution < -0.4 is 19.5 Å². The van der Waals surface area contributed by atoms with Crippen molar-refractivity contribution < 1.29 is 23.4 Å². The molecule has 0 unspecified atom stereocenters. The number of ether oxygens (including phenoxy) is 3. The number of anilines is 1. The number of piperidine rings is 1. The first-order chi connectivity index (χ1) is 24.7. The number of nitrogens with zero attached hydrogens (tertiary/aromatic N) is 5. The second kappa shape index (κ2) is 15.1. The van der Waals surface area contributed by atoms with Crippen molar-refractivity contribution in [2.45, 2.75) is 26.2 Å². The summed E-state index contributed by atoms with van der Waals surface area (Å²) in [5.74, 6) is 1.02. The molecule has 3 aromatic heterocycles. The van der Waals surface area contributed by atoms with Gasteiger partial charge in [0.2, 0.25) is 0 Å². The molecule has 0 aliphatic carbocycles. The highest BCUT2D eigenvalue weighted by Gasteiger charge is 2.19. The van der Waals surface area contributed by atoms with Gasteiger partial charge in [0.15, 0.2) is 28.7 Å². The third kappa shape index (κ3) is 7.70. The van der Waals surface area contributed by atoms with Gasteiger partial charge in [0.25, 0.3) is 5.91 Å². The number of halogens is 3. The number of rotatable bonds is 11. The summed E-state index contributed by atoms with van der Waals surface area (Å²) >= 11 is 12.6. The van der Waals surface area contributed by atoms with E-state index in [1.807, 2.05) is 0 Å². The molecule has 51 heavy (non-hydrogen) atoms. The summed E-state index contributed by atoms with van der Waals surface area (Å²) in [7, 11) is 1.57. The zero-order valence-electron chi connectivity index (χ0n) is 28.0. The standard InChI is InChI=1S/C38H35Cl2FN6O4/c1-23-10-15-46(16-11-23)14-3-17-50-36-22-30-27(20-35(36)49-2)33(8-12-42-30)51-34-7-5-25(19-29(34)41)44-38(48)31-21-32(47-37(45-31)9-13-43-47)26-6-4-24(39)18-28(26)40/h4-9,12-13,18-23H,3,10-11,14-17H2,1-2H3,(H,44,48). The second-order valence-electron chi connectivity index (χ2n) is 12.5. The molecule has 0 saturated carbocycles. The van der Waals surface area contributed by atoms with E-state index in [1.165, 1.54) is 25.0 Å². The highest BCUT2D eigenvalue weighted by Crippen LogP contribution is 2.38. The average molecular weight is 730 g/mol.